The Balaban J connectivity index is 1.33. The van der Waals surface area contributed by atoms with Crippen molar-refractivity contribution in [1.82, 2.24) is 10.1 Å². The highest BCUT2D eigenvalue weighted by Crippen LogP contribution is 2.39. The second kappa shape index (κ2) is 6.59. The summed E-state index contributed by atoms with van der Waals surface area (Å²) in [7, 11) is 0. The lowest BCUT2D eigenvalue weighted by atomic mass is 9.77. The van der Waals surface area contributed by atoms with Gasteiger partial charge in [-0.05, 0) is 47.5 Å². The van der Waals surface area contributed by atoms with E-state index in [9.17, 15) is 5.11 Å². The van der Waals surface area contributed by atoms with Gasteiger partial charge in [0.2, 0.25) is 5.88 Å². The lowest BCUT2D eigenvalue weighted by molar-refractivity contribution is 0.0936. The zero-order valence-corrected chi connectivity index (χ0v) is 14.1. The number of ether oxygens (including phenoxy) is 1. The van der Waals surface area contributed by atoms with E-state index in [4.69, 9.17) is 9.26 Å². The number of aromatic hydroxyl groups is 1. The van der Waals surface area contributed by atoms with Crippen molar-refractivity contribution in [2.45, 2.75) is 38.2 Å². The van der Waals surface area contributed by atoms with Crippen molar-refractivity contribution in [2.24, 2.45) is 0 Å². The van der Waals surface area contributed by atoms with E-state index in [0.717, 1.165) is 24.8 Å². The van der Waals surface area contributed by atoms with Gasteiger partial charge in [-0.15, -0.1) is 0 Å². The van der Waals surface area contributed by atoms with Gasteiger partial charge in [-0.25, -0.2) is 4.98 Å². The smallest absolute Gasteiger partial charge is 0.252 e. The Morgan fingerprint density at radius 1 is 1.16 bits per heavy atom. The topological polar surface area (TPSA) is 68.4 Å². The summed E-state index contributed by atoms with van der Waals surface area (Å²) in [6.45, 7) is 2.17. The maximum absolute atomic E-state index is 9.23. The maximum atomic E-state index is 9.23. The second-order valence-electron chi connectivity index (χ2n) is 6.44. The first-order valence-corrected chi connectivity index (χ1v) is 8.59. The van der Waals surface area contributed by atoms with Crippen LogP contribution in [-0.4, -0.2) is 21.4 Å². The zero-order valence-electron chi connectivity index (χ0n) is 14.1. The van der Waals surface area contributed by atoms with E-state index in [1.165, 1.54) is 17.2 Å². The first-order valence-electron chi connectivity index (χ1n) is 8.59. The van der Waals surface area contributed by atoms with Crippen LogP contribution in [0.1, 0.15) is 36.8 Å². The van der Waals surface area contributed by atoms with Crippen molar-refractivity contribution in [2.75, 3.05) is 0 Å². The monoisotopic (exact) mass is 336 g/mol. The van der Waals surface area contributed by atoms with Gasteiger partial charge in [0.15, 0.2) is 5.76 Å². The standard InChI is InChI=1S/C20H20N2O3/c1-2-13-3-5-14(6-4-13)16-9-17(10-16)24-20-8-7-15(12-21-20)18-11-19(23)22-25-18/h3-8,11-12,16-17H,2,9-10H2,1H3,(H,22,23)/t16-,17+. The Kier molecular flexibility index (Phi) is 4.14. The molecule has 1 aliphatic rings. The molecule has 0 saturated heterocycles. The third kappa shape index (κ3) is 3.36. The molecule has 5 nitrogen and oxygen atoms in total. The van der Waals surface area contributed by atoms with E-state index in [1.807, 2.05) is 12.1 Å². The third-order valence-electron chi connectivity index (χ3n) is 4.76. The van der Waals surface area contributed by atoms with Crippen LogP contribution in [0, 0.1) is 0 Å². The van der Waals surface area contributed by atoms with Crippen LogP contribution in [0.25, 0.3) is 11.3 Å². The van der Waals surface area contributed by atoms with E-state index in [1.54, 1.807) is 6.20 Å². The van der Waals surface area contributed by atoms with Crippen molar-refractivity contribution in [3.63, 3.8) is 0 Å². The van der Waals surface area contributed by atoms with Crippen LogP contribution in [0.3, 0.4) is 0 Å². The van der Waals surface area contributed by atoms with Crippen LogP contribution in [0.4, 0.5) is 0 Å². The molecule has 4 rings (SSSR count). The number of hydrogen-bond donors (Lipinski definition) is 1. The van der Waals surface area contributed by atoms with Gasteiger partial charge in [0.1, 0.15) is 6.10 Å². The highest BCUT2D eigenvalue weighted by atomic mass is 16.5. The molecule has 0 amide bonds. The highest BCUT2D eigenvalue weighted by molar-refractivity contribution is 5.57. The van der Waals surface area contributed by atoms with E-state index < -0.39 is 0 Å². The molecule has 2 aromatic heterocycles. The predicted molar refractivity (Wildman–Crippen MR) is 93.6 cm³/mol. The van der Waals surface area contributed by atoms with Gasteiger partial charge < -0.3 is 14.4 Å². The molecule has 1 N–H and O–H groups in total. The minimum absolute atomic E-state index is 0.136. The minimum Gasteiger partial charge on any atom is -0.491 e. The number of benzene rings is 1. The molecule has 1 fully saturated rings. The second-order valence-corrected chi connectivity index (χ2v) is 6.44. The molecule has 0 unspecified atom stereocenters. The molecule has 3 aromatic rings. The fourth-order valence-corrected chi connectivity index (χ4v) is 3.13. The minimum atomic E-state index is -0.136. The Labute approximate surface area is 146 Å². The molecule has 0 spiro atoms. The molecule has 0 aliphatic heterocycles. The van der Waals surface area contributed by atoms with Gasteiger partial charge in [-0.3, -0.25) is 0 Å². The Morgan fingerprint density at radius 2 is 1.96 bits per heavy atom. The largest absolute Gasteiger partial charge is 0.491 e. The molecule has 1 saturated carbocycles. The van der Waals surface area contributed by atoms with Gasteiger partial charge in [-0.1, -0.05) is 31.2 Å². The summed E-state index contributed by atoms with van der Waals surface area (Å²) in [4.78, 5) is 4.31. The molecule has 0 radical (unpaired) electrons. The van der Waals surface area contributed by atoms with Crippen LogP contribution >= 0.6 is 0 Å². The van der Waals surface area contributed by atoms with Gasteiger partial charge >= 0.3 is 0 Å². The van der Waals surface area contributed by atoms with Crippen LogP contribution in [0.15, 0.2) is 53.2 Å². The molecule has 5 heteroatoms. The maximum Gasteiger partial charge on any atom is 0.252 e. The summed E-state index contributed by atoms with van der Waals surface area (Å²) < 4.78 is 10.9. The molecular weight excluding hydrogens is 316 g/mol. The summed E-state index contributed by atoms with van der Waals surface area (Å²) in [5, 5.41) is 12.7. The quantitative estimate of drug-likeness (QED) is 0.751. The number of nitrogens with zero attached hydrogens (tertiary/aromatic N) is 2. The Hall–Kier alpha value is -2.82. The van der Waals surface area contributed by atoms with Crippen LogP contribution < -0.4 is 4.74 Å². The Morgan fingerprint density at radius 3 is 2.56 bits per heavy atom. The van der Waals surface area contributed by atoms with Crippen LogP contribution in [0.2, 0.25) is 0 Å². The van der Waals surface area contributed by atoms with Crippen molar-refractivity contribution in [3.05, 3.63) is 59.8 Å². The molecule has 128 valence electrons. The number of aryl methyl sites for hydroxylation is 1. The fraction of sp³-hybridized carbons (Fsp3) is 0.300. The van der Waals surface area contributed by atoms with Gasteiger partial charge in [0.05, 0.1) is 0 Å². The Bertz CT molecular complexity index is 834. The molecule has 0 bridgehead atoms. The molecule has 2 heterocycles. The lowest BCUT2D eigenvalue weighted by Crippen LogP contribution is -2.32. The van der Waals surface area contributed by atoms with Gasteiger partial charge in [0, 0.05) is 23.9 Å². The zero-order chi connectivity index (χ0) is 17.2. The summed E-state index contributed by atoms with van der Waals surface area (Å²) in [5.41, 5.74) is 3.52. The number of pyridine rings is 1. The molecule has 25 heavy (non-hydrogen) atoms. The lowest BCUT2D eigenvalue weighted by Gasteiger charge is -2.35. The average molecular weight is 336 g/mol. The van der Waals surface area contributed by atoms with Gasteiger partial charge in [0.25, 0.3) is 5.88 Å². The fourth-order valence-electron chi connectivity index (χ4n) is 3.13. The van der Waals surface area contributed by atoms with E-state index in [2.05, 4.69) is 41.3 Å². The first kappa shape index (κ1) is 15.7. The normalized spacial score (nSPS) is 19.4. The first-order chi connectivity index (χ1) is 12.2. The number of hydrogen-bond acceptors (Lipinski definition) is 5. The molecule has 1 aliphatic carbocycles. The van der Waals surface area contributed by atoms with E-state index in [-0.39, 0.29) is 12.0 Å². The van der Waals surface area contributed by atoms with Gasteiger partial charge in [-0.2, -0.15) is 0 Å². The summed E-state index contributed by atoms with van der Waals surface area (Å²) in [6, 6.07) is 14.0. The highest BCUT2D eigenvalue weighted by Gasteiger charge is 2.32. The van der Waals surface area contributed by atoms with Crippen molar-refractivity contribution in [3.8, 4) is 23.1 Å². The molecule has 1 aromatic carbocycles. The predicted octanol–water partition coefficient (Wildman–Crippen LogP) is 4.33. The van der Waals surface area contributed by atoms with Crippen LogP contribution in [0.5, 0.6) is 11.8 Å². The van der Waals surface area contributed by atoms with Crippen molar-refractivity contribution >= 4 is 0 Å². The summed E-state index contributed by atoms with van der Waals surface area (Å²) >= 11 is 0. The molecular formula is C20H20N2O3. The third-order valence-corrected chi connectivity index (χ3v) is 4.76. The summed E-state index contributed by atoms with van der Waals surface area (Å²) in [6.07, 6.45) is 4.99. The number of rotatable bonds is 5. The number of aromatic nitrogens is 2. The SMILES string of the molecule is CCc1ccc([C@H]2C[C@@H](Oc3ccc(-c4cc(O)no4)cn3)C2)cc1. The average Bonchev–Trinajstić information content (AvgIpc) is 3.05. The van der Waals surface area contributed by atoms with E-state index in [0.29, 0.717) is 17.6 Å². The van der Waals surface area contributed by atoms with Crippen LogP contribution in [-0.2, 0) is 6.42 Å². The van der Waals surface area contributed by atoms with E-state index >= 15 is 0 Å². The molecule has 0 atom stereocenters. The summed E-state index contributed by atoms with van der Waals surface area (Å²) in [5.74, 6) is 1.53. The van der Waals surface area contributed by atoms with Crippen molar-refractivity contribution < 1.29 is 14.4 Å². The van der Waals surface area contributed by atoms with Crippen molar-refractivity contribution in [1.29, 1.82) is 0 Å².